The Morgan fingerprint density at radius 3 is 2.71 bits per heavy atom. The standard InChI is InChI=1S/C11H11Cl3N2O4S/c12-11(13,14)10(17)16-9-6-21(18,19)5-8(9)15-3-7-1-2-20-4-7/h1-4,8-9H,5-6H2,(H,16,17)/t8-,9-/m0/s1. The average molecular weight is 374 g/mol. The Hall–Kier alpha value is -0.760. The molecule has 6 nitrogen and oxygen atoms in total. The van der Waals surface area contributed by atoms with Gasteiger partial charge in [0.05, 0.1) is 36.1 Å². The lowest BCUT2D eigenvalue weighted by atomic mass is 10.2. The molecule has 1 N–H and O–H groups in total. The molecule has 21 heavy (non-hydrogen) atoms. The number of hydrogen-bond donors (Lipinski definition) is 1. The van der Waals surface area contributed by atoms with Crippen LogP contribution in [0.3, 0.4) is 0 Å². The highest BCUT2D eigenvalue weighted by molar-refractivity contribution is 7.91. The summed E-state index contributed by atoms with van der Waals surface area (Å²) in [7, 11) is -3.31. The van der Waals surface area contributed by atoms with E-state index in [2.05, 4.69) is 10.3 Å². The monoisotopic (exact) mass is 372 g/mol. The van der Waals surface area contributed by atoms with Gasteiger partial charge in [0.2, 0.25) is 0 Å². The van der Waals surface area contributed by atoms with Crippen LogP contribution in [0.2, 0.25) is 0 Å². The molecule has 0 aromatic carbocycles. The van der Waals surface area contributed by atoms with Crippen LogP contribution < -0.4 is 5.32 Å². The lowest BCUT2D eigenvalue weighted by Crippen LogP contribution is -2.46. The minimum atomic E-state index is -3.31. The number of sulfone groups is 1. The molecule has 1 aliphatic rings. The number of carbonyl (C=O) groups is 1. The zero-order valence-corrected chi connectivity index (χ0v) is 13.6. The number of carbonyl (C=O) groups excluding carboxylic acids is 1. The van der Waals surface area contributed by atoms with Crippen LogP contribution in [-0.2, 0) is 14.6 Å². The van der Waals surface area contributed by atoms with Crippen LogP contribution in [0, 0.1) is 0 Å². The first-order chi connectivity index (χ1) is 9.67. The summed E-state index contributed by atoms with van der Waals surface area (Å²) in [4.78, 5) is 15.8. The number of aliphatic imine (C=N–C) groups is 1. The van der Waals surface area contributed by atoms with E-state index in [1.165, 1.54) is 18.7 Å². The van der Waals surface area contributed by atoms with Gasteiger partial charge in [-0.05, 0) is 6.07 Å². The summed E-state index contributed by atoms with van der Waals surface area (Å²) in [5, 5.41) is 2.40. The fourth-order valence-corrected chi connectivity index (χ4v) is 3.89. The minimum Gasteiger partial charge on any atom is -0.472 e. The Labute approximate surface area is 136 Å². The fraction of sp³-hybridized carbons (Fsp3) is 0.455. The molecule has 2 rings (SSSR count). The second-order valence-electron chi connectivity index (χ2n) is 4.56. The summed E-state index contributed by atoms with van der Waals surface area (Å²) < 4.78 is 26.1. The molecule has 0 aliphatic carbocycles. The van der Waals surface area contributed by atoms with Crippen LogP contribution in [0.25, 0.3) is 0 Å². The second-order valence-corrected chi connectivity index (χ2v) is 8.99. The fourth-order valence-electron chi connectivity index (χ4n) is 1.89. The van der Waals surface area contributed by atoms with E-state index in [4.69, 9.17) is 39.2 Å². The first-order valence-corrected chi connectivity index (χ1v) is 8.76. The number of halogens is 3. The molecule has 116 valence electrons. The van der Waals surface area contributed by atoms with Crippen molar-refractivity contribution < 1.29 is 17.6 Å². The van der Waals surface area contributed by atoms with E-state index in [0.29, 0.717) is 5.56 Å². The molecule has 0 bridgehead atoms. The highest BCUT2D eigenvalue weighted by Gasteiger charge is 2.41. The van der Waals surface area contributed by atoms with E-state index < -0.39 is 31.6 Å². The summed E-state index contributed by atoms with van der Waals surface area (Å²) >= 11 is 16.4. The zero-order valence-electron chi connectivity index (χ0n) is 10.5. The molecule has 0 radical (unpaired) electrons. The number of amides is 1. The van der Waals surface area contributed by atoms with Crippen LogP contribution in [0.1, 0.15) is 5.56 Å². The Kier molecular flexibility index (Phi) is 4.87. The average Bonchev–Trinajstić information content (AvgIpc) is 2.93. The van der Waals surface area contributed by atoms with E-state index in [1.807, 2.05) is 0 Å². The van der Waals surface area contributed by atoms with Gasteiger partial charge in [-0.2, -0.15) is 0 Å². The van der Waals surface area contributed by atoms with Gasteiger partial charge < -0.3 is 9.73 Å². The van der Waals surface area contributed by atoms with Gasteiger partial charge in [-0.15, -0.1) is 0 Å². The highest BCUT2D eigenvalue weighted by Crippen LogP contribution is 2.27. The normalized spacial score (nSPS) is 25.3. The van der Waals surface area contributed by atoms with Gasteiger partial charge in [0, 0.05) is 11.8 Å². The van der Waals surface area contributed by atoms with Crippen LogP contribution in [0.4, 0.5) is 0 Å². The molecule has 0 unspecified atom stereocenters. The van der Waals surface area contributed by atoms with Gasteiger partial charge in [0.1, 0.15) is 0 Å². The van der Waals surface area contributed by atoms with Gasteiger partial charge in [-0.1, -0.05) is 34.8 Å². The van der Waals surface area contributed by atoms with E-state index in [9.17, 15) is 13.2 Å². The summed E-state index contributed by atoms with van der Waals surface area (Å²) in [6, 6.07) is 0.296. The number of nitrogens with zero attached hydrogens (tertiary/aromatic N) is 1. The van der Waals surface area contributed by atoms with Crippen molar-refractivity contribution in [1.29, 1.82) is 0 Å². The summed E-state index contributed by atoms with van der Waals surface area (Å²) in [5.74, 6) is -1.29. The number of nitrogens with one attached hydrogen (secondary N) is 1. The summed E-state index contributed by atoms with van der Waals surface area (Å²) in [6.45, 7) is 0. The predicted molar refractivity (Wildman–Crippen MR) is 81.0 cm³/mol. The minimum absolute atomic E-state index is 0.174. The Balaban J connectivity index is 2.12. The first kappa shape index (κ1) is 16.6. The van der Waals surface area contributed by atoms with Crippen LogP contribution >= 0.6 is 34.8 Å². The maximum absolute atomic E-state index is 11.7. The van der Waals surface area contributed by atoms with Crippen molar-refractivity contribution in [3.63, 3.8) is 0 Å². The summed E-state index contributed by atoms with van der Waals surface area (Å²) in [5.41, 5.74) is 0.686. The van der Waals surface area contributed by atoms with Gasteiger partial charge in [0.25, 0.3) is 9.70 Å². The smallest absolute Gasteiger partial charge is 0.272 e. The second kappa shape index (κ2) is 6.16. The third-order valence-electron chi connectivity index (χ3n) is 2.85. The van der Waals surface area contributed by atoms with Crippen LogP contribution in [-0.4, -0.2) is 47.9 Å². The molecular formula is C11H11Cl3N2O4S. The quantitative estimate of drug-likeness (QED) is 0.640. The lowest BCUT2D eigenvalue weighted by Gasteiger charge is -2.19. The number of hydrogen-bond acceptors (Lipinski definition) is 5. The number of furan rings is 1. The third-order valence-corrected chi connectivity index (χ3v) is 5.09. The van der Waals surface area contributed by atoms with Crippen LogP contribution in [0.15, 0.2) is 28.0 Å². The van der Waals surface area contributed by atoms with Crippen molar-refractivity contribution in [3.8, 4) is 0 Å². The van der Waals surface area contributed by atoms with Crippen molar-refractivity contribution in [3.05, 3.63) is 24.2 Å². The van der Waals surface area contributed by atoms with E-state index in [0.717, 1.165) is 0 Å². The molecule has 0 saturated carbocycles. The van der Waals surface area contributed by atoms with E-state index in [-0.39, 0.29) is 11.5 Å². The predicted octanol–water partition coefficient (Wildman–Crippen LogP) is 1.35. The molecule has 1 fully saturated rings. The van der Waals surface area contributed by atoms with Gasteiger partial charge in [-0.25, -0.2) is 8.42 Å². The molecule has 1 saturated heterocycles. The van der Waals surface area contributed by atoms with Crippen molar-refractivity contribution in [1.82, 2.24) is 5.32 Å². The number of alkyl halides is 3. The maximum Gasteiger partial charge on any atom is 0.272 e. The molecular weight excluding hydrogens is 363 g/mol. The van der Waals surface area contributed by atoms with Crippen LogP contribution in [0.5, 0.6) is 0 Å². The molecule has 2 heterocycles. The molecule has 10 heteroatoms. The Morgan fingerprint density at radius 1 is 1.43 bits per heavy atom. The van der Waals surface area contributed by atoms with Gasteiger partial charge >= 0.3 is 0 Å². The SMILES string of the molecule is O=C(N[C@H]1CS(=O)(=O)C[C@@H]1N=Cc1ccoc1)C(Cl)(Cl)Cl. The molecule has 1 amide bonds. The Morgan fingerprint density at radius 2 is 2.14 bits per heavy atom. The van der Waals surface area contributed by atoms with Crippen molar-refractivity contribution in [2.45, 2.75) is 15.9 Å². The van der Waals surface area contributed by atoms with Crippen molar-refractivity contribution in [2.24, 2.45) is 4.99 Å². The largest absolute Gasteiger partial charge is 0.472 e. The molecule has 2 atom stereocenters. The van der Waals surface area contributed by atoms with Gasteiger partial charge in [-0.3, -0.25) is 9.79 Å². The Bertz CT molecular complexity index is 637. The van der Waals surface area contributed by atoms with E-state index >= 15 is 0 Å². The summed E-state index contributed by atoms with van der Waals surface area (Å²) in [6.07, 6.45) is 4.40. The molecule has 0 spiro atoms. The zero-order chi connectivity index (χ0) is 15.7. The number of rotatable bonds is 3. The van der Waals surface area contributed by atoms with Gasteiger partial charge in [0.15, 0.2) is 9.84 Å². The topological polar surface area (TPSA) is 88.7 Å². The van der Waals surface area contributed by atoms with Crippen molar-refractivity contribution in [2.75, 3.05) is 11.5 Å². The maximum atomic E-state index is 11.7. The molecule has 1 aromatic heterocycles. The van der Waals surface area contributed by atoms with Crippen molar-refractivity contribution >= 4 is 56.8 Å². The molecule has 1 aliphatic heterocycles. The highest BCUT2D eigenvalue weighted by atomic mass is 35.6. The van der Waals surface area contributed by atoms with E-state index in [1.54, 1.807) is 6.07 Å². The molecule has 1 aromatic rings. The first-order valence-electron chi connectivity index (χ1n) is 5.81. The lowest BCUT2D eigenvalue weighted by molar-refractivity contribution is -0.120. The third kappa shape index (κ3) is 4.60.